The predicted molar refractivity (Wildman–Crippen MR) is 101 cm³/mol. The zero-order chi connectivity index (χ0) is 28.1. The molecule has 0 unspecified atom stereocenters. The summed E-state index contributed by atoms with van der Waals surface area (Å²) in [6, 6.07) is 0. The number of halogens is 14. The van der Waals surface area contributed by atoms with Crippen LogP contribution in [0.2, 0.25) is 0 Å². The van der Waals surface area contributed by atoms with Crippen LogP contribution in [-0.4, -0.2) is 41.5 Å². The van der Waals surface area contributed by atoms with Crippen LogP contribution in [-0.2, 0) is 0 Å². The zero-order valence-electron chi connectivity index (χ0n) is 19.4. The average molecular weight is 548 g/mol. The van der Waals surface area contributed by atoms with Gasteiger partial charge >= 0.3 is 41.5 Å². The average Bonchev–Trinajstić information content (AvgIpc) is 2.67. The van der Waals surface area contributed by atoms with Gasteiger partial charge in [-0.15, -0.1) is 0 Å². The number of unbranched alkanes of at least 4 members (excludes halogenated alkanes) is 7. The molecule has 0 rings (SSSR count). The molecule has 0 N–H and O–H groups in total. The summed E-state index contributed by atoms with van der Waals surface area (Å²) in [6.45, 7) is 3.04. The van der Waals surface area contributed by atoms with Gasteiger partial charge in [-0.05, 0) is 12.3 Å². The fraction of sp³-hybridized carbons (Fsp3) is 1.00. The lowest BCUT2D eigenvalue weighted by Gasteiger charge is -2.42. The fourth-order valence-corrected chi connectivity index (χ4v) is 3.21. The van der Waals surface area contributed by atoms with Gasteiger partial charge in [0, 0.05) is 13.3 Å². The molecule has 35 heavy (non-hydrogen) atoms. The van der Waals surface area contributed by atoms with Crippen molar-refractivity contribution in [3.63, 3.8) is 0 Å². The first-order valence-electron chi connectivity index (χ1n) is 11.1. The van der Waals surface area contributed by atoms with E-state index in [0.717, 1.165) is 25.7 Å². The summed E-state index contributed by atoms with van der Waals surface area (Å²) < 4.78 is 188. The quantitative estimate of drug-likeness (QED) is 0.125. The molecule has 0 spiro atoms. The third kappa shape index (κ3) is 7.07. The second-order valence-corrected chi connectivity index (χ2v) is 9.23. The van der Waals surface area contributed by atoms with E-state index in [2.05, 4.69) is 0 Å². The van der Waals surface area contributed by atoms with Crippen LogP contribution in [0.15, 0.2) is 0 Å². The second kappa shape index (κ2) is 11.6. The molecule has 0 radical (unpaired) electrons. The lowest BCUT2D eigenvalue weighted by Crippen LogP contribution is -2.72. The van der Waals surface area contributed by atoms with Gasteiger partial charge in [0.25, 0.3) is 0 Å². The highest BCUT2D eigenvalue weighted by atomic mass is 19.4. The van der Waals surface area contributed by atoms with Gasteiger partial charge in [0.05, 0.1) is 0 Å². The first-order valence-corrected chi connectivity index (χ1v) is 11.1. The van der Waals surface area contributed by atoms with Crippen molar-refractivity contribution in [2.45, 2.75) is 126 Å². The number of rotatable bonds is 17. The second-order valence-electron chi connectivity index (χ2n) is 9.23. The number of hydrogen-bond donors (Lipinski definition) is 0. The Labute approximate surface area is 194 Å². The molecule has 0 bridgehead atoms. The Morgan fingerprint density at radius 1 is 0.429 bits per heavy atom. The molecular formula is C21H30F14. The van der Waals surface area contributed by atoms with Crippen LogP contribution >= 0.6 is 0 Å². The summed E-state index contributed by atoms with van der Waals surface area (Å²) >= 11 is 0. The van der Waals surface area contributed by atoms with Crippen molar-refractivity contribution < 1.29 is 61.5 Å². The molecule has 0 aliphatic heterocycles. The van der Waals surface area contributed by atoms with Gasteiger partial charge in [0.1, 0.15) is 0 Å². The minimum absolute atomic E-state index is 0.203. The monoisotopic (exact) mass is 548 g/mol. The highest BCUT2D eigenvalue weighted by Crippen LogP contribution is 2.62. The van der Waals surface area contributed by atoms with Gasteiger partial charge < -0.3 is 0 Å². The Hall–Kier alpha value is -0.980. The molecule has 212 valence electrons. The maximum atomic E-state index is 13.8. The number of alkyl halides is 14. The van der Waals surface area contributed by atoms with Crippen LogP contribution in [0.5, 0.6) is 0 Å². The molecule has 0 nitrogen and oxygen atoms in total. The van der Waals surface area contributed by atoms with Gasteiger partial charge in [0.15, 0.2) is 0 Å². The van der Waals surface area contributed by atoms with Gasteiger partial charge in [0.2, 0.25) is 0 Å². The lowest BCUT2D eigenvalue weighted by molar-refractivity contribution is -0.440. The Balaban J connectivity index is 5.19. The minimum atomic E-state index is -7.97. The molecule has 0 aliphatic rings. The smallest absolute Gasteiger partial charge is 0.200 e. The van der Waals surface area contributed by atoms with Crippen molar-refractivity contribution in [1.29, 1.82) is 0 Å². The Morgan fingerprint density at radius 3 is 1.11 bits per heavy atom. The van der Waals surface area contributed by atoms with Crippen LogP contribution in [0.1, 0.15) is 85.0 Å². The Kier molecular flexibility index (Phi) is 11.3. The SMILES string of the molecule is CC(C)CCCCCCCCCCC(F)(F)C(F)(F)C(F)(F)C(F)(F)C(F)(F)C(F)(F)C(C)(F)F. The van der Waals surface area contributed by atoms with Crippen molar-refractivity contribution >= 4 is 0 Å². The van der Waals surface area contributed by atoms with Crippen LogP contribution < -0.4 is 0 Å². The Bertz CT molecular complexity index is 634. The lowest BCUT2D eigenvalue weighted by atomic mass is 9.88. The van der Waals surface area contributed by atoms with Crippen molar-refractivity contribution in [3.8, 4) is 0 Å². The van der Waals surface area contributed by atoms with E-state index in [1.165, 1.54) is 0 Å². The molecule has 0 aromatic carbocycles. The molecular weight excluding hydrogens is 518 g/mol. The highest BCUT2D eigenvalue weighted by Gasteiger charge is 2.92. The minimum Gasteiger partial charge on any atom is -0.200 e. The first kappa shape index (κ1) is 34.0. The molecule has 0 saturated carbocycles. The molecule has 0 amide bonds. The Morgan fingerprint density at radius 2 is 0.743 bits per heavy atom. The topological polar surface area (TPSA) is 0 Å². The fourth-order valence-electron chi connectivity index (χ4n) is 3.21. The predicted octanol–water partition coefficient (Wildman–Crippen LogP) is 10.0. The summed E-state index contributed by atoms with van der Waals surface area (Å²) in [4.78, 5) is 0. The molecule has 0 atom stereocenters. The van der Waals surface area contributed by atoms with Crippen LogP contribution in [0.3, 0.4) is 0 Å². The standard InChI is InChI=1S/C21H30F14/c1-14(2)12-10-8-6-4-5-7-9-11-13-16(24,25)18(28,29)20(32,33)21(34,35)19(30,31)17(26,27)15(3,22)23/h14H,4-13H2,1-3H3. The van der Waals surface area contributed by atoms with E-state index in [9.17, 15) is 61.5 Å². The molecule has 0 heterocycles. The summed E-state index contributed by atoms with van der Waals surface area (Å²) in [7, 11) is 0. The molecule has 0 aliphatic carbocycles. The largest absolute Gasteiger partial charge is 0.384 e. The van der Waals surface area contributed by atoms with Crippen molar-refractivity contribution in [3.05, 3.63) is 0 Å². The highest BCUT2D eigenvalue weighted by molar-refractivity contribution is 5.13. The summed E-state index contributed by atoms with van der Waals surface area (Å²) in [5, 5.41) is 0. The van der Waals surface area contributed by atoms with E-state index >= 15 is 0 Å². The van der Waals surface area contributed by atoms with Gasteiger partial charge in [-0.2, -0.15) is 61.5 Å². The molecule has 0 aromatic heterocycles. The third-order valence-electron chi connectivity index (χ3n) is 5.61. The maximum Gasteiger partial charge on any atom is 0.384 e. The van der Waals surface area contributed by atoms with Crippen molar-refractivity contribution in [2.24, 2.45) is 5.92 Å². The van der Waals surface area contributed by atoms with E-state index in [0.29, 0.717) is 18.8 Å². The first-order chi connectivity index (χ1) is 15.4. The van der Waals surface area contributed by atoms with Gasteiger partial charge in [-0.1, -0.05) is 65.2 Å². The normalized spacial score (nSPS) is 15.3. The molecule has 0 fully saturated rings. The van der Waals surface area contributed by atoms with E-state index in [1.54, 1.807) is 0 Å². The van der Waals surface area contributed by atoms with Crippen LogP contribution in [0.4, 0.5) is 61.5 Å². The van der Waals surface area contributed by atoms with E-state index in [-0.39, 0.29) is 12.8 Å². The maximum absolute atomic E-state index is 13.8. The van der Waals surface area contributed by atoms with Crippen LogP contribution in [0.25, 0.3) is 0 Å². The van der Waals surface area contributed by atoms with Gasteiger partial charge in [-0.3, -0.25) is 0 Å². The molecule has 0 aromatic rings. The van der Waals surface area contributed by atoms with E-state index in [1.807, 2.05) is 13.8 Å². The van der Waals surface area contributed by atoms with Gasteiger partial charge in [-0.25, -0.2) is 0 Å². The summed E-state index contributed by atoms with van der Waals surface area (Å²) in [5.74, 6) is -49.7. The number of hydrogen-bond acceptors (Lipinski definition) is 0. The summed E-state index contributed by atoms with van der Waals surface area (Å²) in [5.41, 5.74) is 0. The molecule has 0 saturated heterocycles. The van der Waals surface area contributed by atoms with E-state index in [4.69, 9.17) is 0 Å². The molecule has 14 heteroatoms. The zero-order valence-corrected chi connectivity index (χ0v) is 19.4. The van der Waals surface area contributed by atoms with Crippen molar-refractivity contribution in [1.82, 2.24) is 0 Å². The third-order valence-corrected chi connectivity index (χ3v) is 5.61. The van der Waals surface area contributed by atoms with E-state index < -0.39 is 61.2 Å². The van der Waals surface area contributed by atoms with Crippen LogP contribution in [0, 0.1) is 5.92 Å². The van der Waals surface area contributed by atoms with Crippen molar-refractivity contribution in [2.75, 3.05) is 0 Å². The summed E-state index contributed by atoms with van der Waals surface area (Å²) in [6.07, 6.45) is 1.78.